The molecule has 2 aliphatic rings. The fourth-order valence-corrected chi connectivity index (χ4v) is 4.22. The van der Waals surface area contributed by atoms with Crippen molar-refractivity contribution in [3.8, 4) is 11.5 Å². The van der Waals surface area contributed by atoms with Gasteiger partial charge < -0.3 is 29.4 Å². The number of nitrogens with zero attached hydrogens (tertiary/aromatic N) is 4. The number of fused-ring (bicyclic) bond motifs is 2. The van der Waals surface area contributed by atoms with Gasteiger partial charge >= 0.3 is 0 Å². The van der Waals surface area contributed by atoms with Gasteiger partial charge in [-0.25, -0.2) is 9.98 Å². The molecule has 170 valence electrons. The Morgan fingerprint density at radius 2 is 2.12 bits per heavy atom. The van der Waals surface area contributed by atoms with Crippen molar-refractivity contribution in [3.05, 3.63) is 61.1 Å². The number of likely N-dealkylation sites (tertiary alicyclic amines) is 1. The van der Waals surface area contributed by atoms with Crippen LogP contribution in [0.5, 0.6) is 11.5 Å². The van der Waals surface area contributed by atoms with E-state index in [1.165, 1.54) is 6.08 Å². The summed E-state index contributed by atoms with van der Waals surface area (Å²) in [5.41, 5.74) is 3.67. The van der Waals surface area contributed by atoms with E-state index in [9.17, 15) is 4.79 Å². The maximum Gasteiger partial charge on any atom is 0.245 e. The van der Waals surface area contributed by atoms with Crippen molar-refractivity contribution in [1.82, 2.24) is 14.3 Å². The molecule has 0 radical (unpaired) electrons. The van der Waals surface area contributed by atoms with Gasteiger partial charge in [0.15, 0.2) is 11.5 Å². The number of imidazole rings is 1. The highest BCUT2D eigenvalue weighted by molar-refractivity contribution is 5.87. The van der Waals surface area contributed by atoms with Crippen LogP contribution >= 0.6 is 0 Å². The predicted molar refractivity (Wildman–Crippen MR) is 127 cm³/mol. The first-order valence-electron chi connectivity index (χ1n) is 10.9. The molecule has 3 aromatic rings. The third-order valence-corrected chi connectivity index (χ3v) is 5.99. The van der Waals surface area contributed by atoms with Crippen molar-refractivity contribution in [2.24, 2.45) is 4.99 Å². The summed E-state index contributed by atoms with van der Waals surface area (Å²) in [4.78, 5) is 22.5. The van der Waals surface area contributed by atoms with Crippen LogP contribution in [0.1, 0.15) is 24.6 Å². The largest absolute Gasteiger partial charge is 0.493 e. The van der Waals surface area contributed by atoms with Crippen molar-refractivity contribution >= 4 is 29.3 Å². The number of carbonyl (C=O) groups is 1. The van der Waals surface area contributed by atoms with E-state index < -0.39 is 0 Å². The van der Waals surface area contributed by atoms with Gasteiger partial charge in [0.2, 0.25) is 5.91 Å². The Balaban J connectivity index is 1.36. The SMILES string of the molecule is C=CC(=O)N1CCC(Oc2cc3c(cc2OC)NC=NC3Nc2ccc3nccn3c2)CC1. The summed E-state index contributed by atoms with van der Waals surface area (Å²) in [6.45, 7) is 4.87. The lowest BCUT2D eigenvalue weighted by molar-refractivity contribution is -0.127. The Morgan fingerprint density at radius 1 is 1.27 bits per heavy atom. The molecular formula is C24H26N6O3. The average Bonchev–Trinajstić information content (AvgIpc) is 3.32. The number of piperidine rings is 1. The molecule has 1 fully saturated rings. The molecule has 0 bridgehead atoms. The topological polar surface area (TPSA) is 92.5 Å². The first kappa shape index (κ1) is 20.9. The Labute approximate surface area is 191 Å². The van der Waals surface area contributed by atoms with E-state index in [1.54, 1.807) is 24.5 Å². The van der Waals surface area contributed by atoms with Gasteiger partial charge in [-0.1, -0.05) is 6.58 Å². The molecule has 0 spiro atoms. The number of benzene rings is 1. The minimum atomic E-state index is -0.289. The van der Waals surface area contributed by atoms with E-state index in [-0.39, 0.29) is 18.2 Å². The quantitative estimate of drug-likeness (QED) is 0.564. The molecule has 33 heavy (non-hydrogen) atoms. The molecule has 9 nitrogen and oxygen atoms in total. The minimum Gasteiger partial charge on any atom is -0.493 e. The van der Waals surface area contributed by atoms with Gasteiger partial charge in [-0.15, -0.1) is 0 Å². The highest BCUT2D eigenvalue weighted by atomic mass is 16.5. The number of aromatic nitrogens is 2. The van der Waals surface area contributed by atoms with Gasteiger partial charge in [-0.05, 0) is 24.3 Å². The Hall–Kier alpha value is -4.01. The summed E-state index contributed by atoms with van der Waals surface area (Å²) in [5.74, 6) is 1.28. The lowest BCUT2D eigenvalue weighted by Gasteiger charge is -2.32. The molecule has 9 heteroatoms. The molecule has 2 aliphatic heterocycles. The number of aliphatic imine (C=N–C) groups is 1. The number of hydrogen-bond donors (Lipinski definition) is 2. The molecule has 1 unspecified atom stereocenters. The Bertz CT molecular complexity index is 1210. The van der Waals surface area contributed by atoms with E-state index in [0.717, 1.165) is 35.4 Å². The molecule has 4 heterocycles. The smallest absolute Gasteiger partial charge is 0.245 e. The number of rotatable bonds is 6. The number of hydrogen-bond acceptors (Lipinski definition) is 7. The van der Waals surface area contributed by atoms with Crippen molar-refractivity contribution in [2.45, 2.75) is 25.1 Å². The maximum absolute atomic E-state index is 11.9. The standard InChI is InChI=1S/C24H26N6O3/c1-3-23(31)29-9-6-17(7-10-29)33-21-12-18-19(13-20(21)32-2)26-15-27-24(18)28-16-4-5-22-25-8-11-30(22)14-16/h3-5,8,11-15,17,24,28H,1,6-7,9-10H2,2H3,(H,26,27). The number of pyridine rings is 1. The molecule has 2 N–H and O–H groups in total. The number of ether oxygens (including phenoxy) is 2. The normalized spacial score (nSPS) is 17.8. The van der Waals surface area contributed by atoms with Crippen molar-refractivity contribution in [2.75, 3.05) is 30.8 Å². The van der Waals surface area contributed by atoms with Crippen LogP contribution < -0.4 is 20.1 Å². The highest BCUT2D eigenvalue weighted by Crippen LogP contribution is 2.40. The third kappa shape index (κ3) is 4.21. The van der Waals surface area contributed by atoms with Crippen molar-refractivity contribution < 1.29 is 14.3 Å². The van der Waals surface area contributed by atoms with Crippen LogP contribution in [0.25, 0.3) is 5.65 Å². The summed E-state index contributed by atoms with van der Waals surface area (Å²) in [7, 11) is 1.63. The lowest BCUT2D eigenvalue weighted by Crippen LogP contribution is -2.41. The van der Waals surface area contributed by atoms with Crippen molar-refractivity contribution in [1.29, 1.82) is 0 Å². The van der Waals surface area contributed by atoms with Crippen LogP contribution in [-0.2, 0) is 4.79 Å². The summed E-state index contributed by atoms with van der Waals surface area (Å²) in [6.07, 6.45) is 9.92. The molecule has 1 amide bonds. The Morgan fingerprint density at radius 3 is 2.91 bits per heavy atom. The summed E-state index contributed by atoms with van der Waals surface area (Å²) in [6, 6.07) is 7.85. The lowest BCUT2D eigenvalue weighted by atomic mass is 10.1. The zero-order chi connectivity index (χ0) is 22.8. The molecule has 0 aliphatic carbocycles. The van der Waals surface area contributed by atoms with Crippen LogP contribution in [-0.4, -0.2) is 52.8 Å². The Kier molecular flexibility index (Phi) is 5.60. The van der Waals surface area contributed by atoms with Crippen LogP contribution in [0, 0.1) is 0 Å². The van der Waals surface area contributed by atoms with E-state index in [1.807, 2.05) is 41.1 Å². The number of methoxy groups -OCH3 is 1. The van der Waals surface area contributed by atoms with E-state index in [4.69, 9.17) is 9.47 Å². The van der Waals surface area contributed by atoms with Crippen LogP contribution in [0.4, 0.5) is 11.4 Å². The van der Waals surface area contributed by atoms with Crippen molar-refractivity contribution in [3.63, 3.8) is 0 Å². The van der Waals surface area contributed by atoms with Crippen LogP contribution in [0.3, 0.4) is 0 Å². The molecular weight excluding hydrogens is 420 g/mol. The third-order valence-electron chi connectivity index (χ3n) is 5.99. The van der Waals surface area contributed by atoms with Gasteiger partial charge in [0.05, 0.1) is 24.8 Å². The summed E-state index contributed by atoms with van der Waals surface area (Å²) < 4.78 is 13.9. The zero-order valence-electron chi connectivity index (χ0n) is 18.4. The van der Waals surface area contributed by atoms with E-state index >= 15 is 0 Å². The fraction of sp³-hybridized carbons (Fsp3) is 0.292. The molecule has 2 aromatic heterocycles. The molecule has 0 saturated carbocycles. The maximum atomic E-state index is 11.9. The first-order chi connectivity index (χ1) is 16.1. The second-order valence-corrected chi connectivity index (χ2v) is 8.02. The van der Waals surface area contributed by atoms with Gasteiger partial charge in [0.1, 0.15) is 17.9 Å². The molecule has 1 atom stereocenters. The fourth-order valence-electron chi connectivity index (χ4n) is 4.22. The number of carbonyl (C=O) groups excluding carboxylic acids is 1. The second kappa shape index (κ2) is 8.85. The number of amides is 1. The molecule has 5 rings (SSSR count). The van der Waals surface area contributed by atoms with Gasteiger partial charge in [-0.2, -0.15) is 0 Å². The molecule has 1 saturated heterocycles. The second-order valence-electron chi connectivity index (χ2n) is 8.02. The highest BCUT2D eigenvalue weighted by Gasteiger charge is 2.26. The van der Waals surface area contributed by atoms with Gasteiger partial charge in [0, 0.05) is 56.2 Å². The average molecular weight is 447 g/mol. The zero-order valence-corrected chi connectivity index (χ0v) is 18.4. The predicted octanol–water partition coefficient (Wildman–Crippen LogP) is 3.46. The van der Waals surface area contributed by atoms with Crippen LogP contribution in [0.2, 0.25) is 0 Å². The molecule has 1 aromatic carbocycles. The number of anilines is 2. The van der Waals surface area contributed by atoms with E-state index in [0.29, 0.717) is 24.6 Å². The van der Waals surface area contributed by atoms with Gasteiger partial charge in [-0.3, -0.25) is 4.79 Å². The summed E-state index contributed by atoms with van der Waals surface area (Å²) >= 11 is 0. The van der Waals surface area contributed by atoms with Gasteiger partial charge in [0.25, 0.3) is 0 Å². The summed E-state index contributed by atoms with van der Waals surface area (Å²) in [5, 5.41) is 6.67. The minimum absolute atomic E-state index is 0.000855. The first-order valence-corrected chi connectivity index (χ1v) is 10.9. The van der Waals surface area contributed by atoms with Crippen LogP contribution in [0.15, 0.2) is 60.5 Å². The number of nitrogens with one attached hydrogen (secondary N) is 2. The monoisotopic (exact) mass is 446 g/mol. The van der Waals surface area contributed by atoms with E-state index in [2.05, 4.69) is 27.2 Å².